The number of rotatable bonds is 8. The molecule has 0 saturated carbocycles. The zero-order valence-electron chi connectivity index (χ0n) is 20.1. The van der Waals surface area contributed by atoms with Crippen molar-refractivity contribution in [2.45, 2.75) is 24.3 Å². The Morgan fingerprint density at radius 1 is 0.914 bits per heavy atom. The van der Waals surface area contributed by atoms with Gasteiger partial charge in [0.25, 0.3) is 0 Å². The average Bonchev–Trinajstić information content (AvgIpc) is 2.90. The molecule has 0 radical (unpaired) electrons. The van der Waals surface area contributed by atoms with E-state index >= 15 is 0 Å². The number of nitrogens with zero attached hydrogens (tertiary/aromatic N) is 1. The van der Waals surface area contributed by atoms with Gasteiger partial charge in [-0.05, 0) is 53.4 Å². The van der Waals surface area contributed by atoms with Gasteiger partial charge in [0.2, 0.25) is 21.7 Å². The third-order valence-corrected chi connectivity index (χ3v) is 8.27. The Morgan fingerprint density at radius 2 is 1.54 bits per heavy atom. The molecule has 0 aliphatic carbocycles. The highest BCUT2D eigenvalue weighted by atomic mass is 32.2. The molecule has 1 N–H and O–H groups in total. The van der Waals surface area contributed by atoms with Crippen LogP contribution < -0.4 is 19.5 Å². The van der Waals surface area contributed by atoms with Crippen LogP contribution in [0.1, 0.15) is 18.4 Å². The van der Waals surface area contributed by atoms with Gasteiger partial charge < -0.3 is 19.5 Å². The molecular formula is C26H30N2O6S. The maximum Gasteiger partial charge on any atom is 0.243 e. The molecule has 1 aliphatic heterocycles. The predicted molar refractivity (Wildman–Crippen MR) is 133 cm³/mol. The summed E-state index contributed by atoms with van der Waals surface area (Å²) in [7, 11) is 1.00. The highest BCUT2D eigenvalue weighted by molar-refractivity contribution is 7.89. The van der Waals surface area contributed by atoms with Crippen LogP contribution in [0.5, 0.6) is 17.2 Å². The lowest BCUT2D eigenvalue weighted by molar-refractivity contribution is -0.126. The summed E-state index contributed by atoms with van der Waals surface area (Å²) in [6, 6.07) is 16.4. The zero-order valence-corrected chi connectivity index (χ0v) is 20.9. The monoisotopic (exact) mass is 498 g/mol. The molecule has 1 heterocycles. The molecule has 8 nitrogen and oxygen atoms in total. The number of fused-ring (bicyclic) bond motifs is 1. The zero-order chi connectivity index (χ0) is 25.0. The minimum atomic E-state index is -3.62. The lowest BCUT2D eigenvalue weighted by atomic mass is 9.97. The van der Waals surface area contributed by atoms with Crippen LogP contribution >= 0.6 is 0 Å². The summed E-state index contributed by atoms with van der Waals surface area (Å²) < 4.78 is 43.9. The van der Waals surface area contributed by atoms with E-state index in [0.717, 1.165) is 16.3 Å². The van der Waals surface area contributed by atoms with Crippen molar-refractivity contribution in [3.05, 3.63) is 60.2 Å². The first-order valence-electron chi connectivity index (χ1n) is 11.4. The Bertz CT molecular complexity index is 1290. The molecule has 1 saturated heterocycles. The maximum absolute atomic E-state index is 13.2. The number of sulfonamides is 1. The highest BCUT2D eigenvalue weighted by Gasteiger charge is 2.32. The van der Waals surface area contributed by atoms with Gasteiger partial charge in [-0.2, -0.15) is 4.31 Å². The SMILES string of the molecule is COc1cc(CNC(=O)C2CCN(S(=O)(=O)c3ccc4ccccc4c3)CC2)cc(OC)c1OC. The fraction of sp³-hybridized carbons (Fsp3) is 0.346. The van der Waals surface area contributed by atoms with Crippen LogP contribution in [-0.2, 0) is 21.4 Å². The van der Waals surface area contributed by atoms with Crippen molar-refractivity contribution in [1.29, 1.82) is 0 Å². The van der Waals surface area contributed by atoms with Crippen molar-refractivity contribution in [3.63, 3.8) is 0 Å². The van der Waals surface area contributed by atoms with Crippen molar-refractivity contribution in [2.75, 3.05) is 34.4 Å². The lowest BCUT2D eigenvalue weighted by Gasteiger charge is -2.30. The van der Waals surface area contributed by atoms with Crippen LogP contribution in [-0.4, -0.2) is 53.0 Å². The van der Waals surface area contributed by atoms with Gasteiger partial charge in [0.1, 0.15) is 0 Å². The van der Waals surface area contributed by atoms with Gasteiger partial charge in [-0.3, -0.25) is 4.79 Å². The van der Waals surface area contributed by atoms with E-state index < -0.39 is 10.0 Å². The minimum absolute atomic E-state index is 0.0958. The summed E-state index contributed by atoms with van der Waals surface area (Å²) in [6.45, 7) is 0.903. The van der Waals surface area contributed by atoms with Gasteiger partial charge in [0.15, 0.2) is 11.5 Å². The van der Waals surface area contributed by atoms with Crippen molar-refractivity contribution in [1.82, 2.24) is 9.62 Å². The van der Waals surface area contributed by atoms with Gasteiger partial charge in [-0.15, -0.1) is 0 Å². The van der Waals surface area contributed by atoms with E-state index in [1.165, 1.54) is 11.4 Å². The first kappa shape index (κ1) is 24.8. The van der Waals surface area contributed by atoms with E-state index in [-0.39, 0.29) is 16.7 Å². The number of benzene rings is 3. The number of methoxy groups -OCH3 is 3. The molecule has 186 valence electrons. The molecule has 0 spiro atoms. The van der Waals surface area contributed by atoms with Crippen molar-refractivity contribution < 1.29 is 27.4 Å². The molecule has 3 aromatic rings. The van der Waals surface area contributed by atoms with Gasteiger partial charge >= 0.3 is 0 Å². The summed E-state index contributed by atoms with van der Waals surface area (Å²) in [5.41, 5.74) is 0.809. The third kappa shape index (κ3) is 5.21. The molecule has 35 heavy (non-hydrogen) atoms. The number of amides is 1. The first-order valence-corrected chi connectivity index (χ1v) is 12.9. The van der Waals surface area contributed by atoms with Gasteiger partial charge in [-0.25, -0.2) is 8.42 Å². The fourth-order valence-corrected chi connectivity index (χ4v) is 5.91. The molecule has 1 fully saturated rings. The second-order valence-corrected chi connectivity index (χ2v) is 10.4. The fourth-order valence-electron chi connectivity index (χ4n) is 4.41. The molecule has 4 rings (SSSR count). The maximum atomic E-state index is 13.2. The van der Waals surface area contributed by atoms with E-state index in [1.807, 2.05) is 30.3 Å². The summed E-state index contributed by atoms with van der Waals surface area (Å²) >= 11 is 0. The average molecular weight is 499 g/mol. The Hall–Kier alpha value is -3.30. The van der Waals surface area contributed by atoms with E-state index in [2.05, 4.69) is 5.32 Å². The number of carbonyl (C=O) groups is 1. The van der Waals surface area contributed by atoms with Gasteiger partial charge in [-0.1, -0.05) is 30.3 Å². The number of carbonyl (C=O) groups excluding carboxylic acids is 1. The highest BCUT2D eigenvalue weighted by Crippen LogP contribution is 2.38. The molecule has 1 amide bonds. The molecule has 1 aliphatic rings. The van der Waals surface area contributed by atoms with Crippen LogP contribution in [0, 0.1) is 5.92 Å². The Balaban J connectivity index is 1.37. The Kier molecular flexibility index (Phi) is 7.47. The summed E-state index contributed by atoms with van der Waals surface area (Å²) in [5, 5.41) is 4.83. The number of hydrogen-bond donors (Lipinski definition) is 1. The van der Waals surface area contributed by atoms with E-state index in [9.17, 15) is 13.2 Å². The van der Waals surface area contributed by atoms with Crippen molar-refractivity contribution in [3.8, 4) is 17.2 Å². The third-order valence-electron chi connectivity index (χ3n) is 6.37. The van der Waals surface area contributed by atoms with E-state index in [0.29, 0.717) is 49.7 Å². The number of hydrogen-bond acceptors (Lipinski definition) is 6. The number of nitrogens with one attached hydrogen (secondary N) is 1. The predicted octanol–water partition coefficient (Wildman–Crippen LogP) is 3.58. The molecular weight excluding hydrogens is 468 g/mol. The quantitative estimate of drug-likeness (QED) is 0.510. The number of ether oxygens (including phenoxy) is 3. The van der Waals surface area contributed by atoms with Crippen LogP contribution in [0.25, 0.3) is 10.8 Å². The standard InChI is InChI=1S/C26H30N2O6S/c1-32-23-14-18(15-24(33-2)25(23)34-3)17-27-26(29)20-10-12-28(13-11-20)35(30,31)22-9-8-19-6-4-5-7-21(19)16-22/h4-9,14-16,20H,10-13,17H2,1-3H3,(H,27,29). The number of piperidine rings is 1. The molecule has 0 aromatic heterocycles. The normalized spacial score (nSPS) is 15.1. The topological polar surface area (TPSA) is 94.2 Å². The van der Waals surface area contributed by atoms with Crippen LogP contribution in [0.3, 0.4) is 0 Å². The Labute approximate surface area is 205 Å². The van der Waals surface area contributed by atoms with E-state index in [4.69, 9.17) is 14.2 Å². The largest absolute Gasteiger partial charge is 0.493 e. The van der Waals surface area contributed by atoms with Crippen LogP contribution in [0.4, 0.5) is 0 Å². The minimum Gasteiger partial charge on any atom is -0.493 e. The van der Waals surface area contributed by atoms with Crippen molar-refractivity contribution >= 4 is 26.7 Å². The molecule has 0 bridgehead atoms. The van der Waals surface area contributed by atoms with Crippen LogP contribution in [0.2, 0.25) is 0 Å². The molecule has 0 unspecified atom stereocenters. The molecule has 0 atom stereocenters. The van der Waals surface area contributed by atoms with E-state index in [1.54, 1.807) is 38.5 Å². The lowest BCUT2D eigenvalue weighted by Crippen LogP contribution is -2.42. The first-order chi connectivity index (χ1) is 16.9. The van der Waals surface area contributed by atoms with Crippen LogP contribution in [0.15, 0.2) is 59.5 Å². The summed E-state index contributed by atoms with van der Waals surface area (Å²) in [5.74, 6) is 1.18. The van der Waals surface area contributed by atoms with Crippen molar-refractivity contribution in [2.24, 2.45) is 5.92 Å². The molecule has 9 heteroatoms. The van der Waals surface area contributed by atoms with Gasteiger partial charge in [0, 0.05) is 25.6 Å². The van der Waals surface area contributed by atoms with Gasteiger partial charge in [0.05, 0.1) is 26.2 Å². The Morgan fingerprint density at radius 3 is 2.14 bits per heavy atom. The summed E-state index contributed by atoms with van der Waals surface area (Å²) in [6.07, 6.45) is 0.932. The molecule has 3 aromatic carbocycles. The second kappa shape index (κ2) is 10.5. The smallest absolute Gasteiger partial charge is 0.243 e. The summed E-state index contributed by atoms with van der Waals surface area (Å²) in [4.78, 5) is 13.1. The second-order valence-electron chi connectivity index (χ2n) is 8.44.